The van der Waals surface area contributed by atoms with Gasteiger partial charge in [-0.15, -0.1) is 0 Å². The smallest absolute Gasteiger partial charge is 0.224 e. The lowest BCUT2D eigenvalue weighted by atomic mass is 10.1. The minimum absolute atomic E-state index is 0.0529. The Bertz CT molecular complexity index is 181. The lowest BCUT2D eigenvalue weighted by molar-refractivity contribution is -0.124. The van der Waals surface area contributed by atoms with E-state index in [-0.39, 0.29) is 17.9 Å². The third kappa shape index (κ3) is 5.74. The zero-order valence-electron chi connectivity index (χ0n) is 10.4. The summed E-state index contributed by atoms with van der Waals surface area (Å²) in [5.41, 5.74) is 5.43. The van der Waals surface area contributed by atoms with Crippen molar-refractivity contribution < 1.29 is 4.79 Å². The molecule has 3 N–H and O–H groups in total. The molecule has 15 heavy (non-hydrogen) atoms. The quantitative estimate of drug-likeness (QED) is 0.647. The number of carbonyl (C=O) groups is 1. The monoisotopic (exact) mass is 215 g/mol. The van der Waals surface area contributed by atoms with Crippen LogP contribution in [0.25, 0.3) is 0 Å². The van der Waals surface area contributed by atoms with Crippen molar-refractivity contribution in [1.82, 2.24) is 10.2 Å². The van der Waals surface area contributed by atoms with Gasteiger partial charge < -0.3 is 16.0 Å². The molecular formula is C11H25N3O. The summed E-state index contributed by atoms with van der Waals surface area (Å²) in [6, 6.07) is 0.186. The first-order chi connectivity index (χ1) is 7.04. The third-order valence-corrected chi connectivity index (χ3v) is 2.62. The Morgan fingerprint density at radius 2 is 1.87 bits per heavy atom. The summed E-state index contributed by atoms with van der Waals surface area (Å²) in [6.07, 6.45) is 0. The molecule has 0 spiro atoms. The van der Waals surface area contributed by atoms with Crippen LogP contribution in [0.3, 0.4) is 0 Å². The van der Waals surface area contributed by atoms with Crippen molar-refractivity contribution in [1.29, 1.82) is 0 Å². The maximum atomic E-state index is 11.5. The van der Waals surface area contributed by atoms with E-state index in [9.17, 15) is 4.79 Å². The van der Waals surface area contributed by atoms with Gasteiger partial charge in [0, 0.05) is 25.0 Å². The third-order valence-electron chi connectivity index (χ3n) is 2.62. The number of amides is 1. The van der Waals surface area contributed by atoms with Gasteiger partial charge in [-0.05, 0) is 20.0 Å². The van der Waals surface area contributed by atoms with Crippen molar-refractivity contribution in [2.75, 3.05) is 26.2 Å². The number of nitrogens with one attached hydrogen (secondary N) is 1. The van der Waals surface area contributed by atoms with E-state index in [4.69, 9.17) is 5.73 Å². The maximum absolute atomic E-state index is 11.5. The van der Waals surface area contributed by atoms with Crippen LogP contribution in [0.5, 0.6) is 0 Å². The summed E-state index contributed by atoms with van der Waals surface area (Å²) >= 11 is 0. The fourth-order valence-electron chi connectivity index (χ4n) is 1.41. The number of hydrogen-bond acceptors (Lipinski definition) is 3. The van der Waals surface area contributed by atoms with Crippen molar-refractivity contribution in [2.45, 2.75) is 33.7 Å². The molecule has 0 fully saturated rings. The first-order valence-electron chi connectivity index (χ1n) is 5.77. The topological polar surface area (TPSA) is 58.4 Å². The van der Waals surface area contributed by atoms with Crippen LogP contribution < -0.4 is 11.1 Å². The average molecular weight is 215 g/mol. The van der Waals surface area contributed by atoms with Gasteiger partial charge in [-0.25, -0.2) is 0 Å². The summed E-state index contributed by atoms with van der Waals surface area (Å²) < 4.78 is 0. The molecule has 1 amide bonds. The molecule has 4 nitrogen and oxygen atoms in total. The second kappa shape index (κ2) is 7.65. The molecule has 0 saturated heterocycles. The molecule has 0 radical (unpaired) electrons. The standard InChI is InChI=1S/C11H25N3O/c1-5-14(6-2)8-10(4)13-11(15)9(3)7-12/h9-10H,5-8,12H2,1-4H3,(H,13,15). The highest BCUT2D eigenvalue weighted by molar-refractivity contribution is 5.78. The van der Waals surface area contributed by atoms with Gasteiger partial charge in [0.05, 0.1) is 0 Å². The van der Waals surface area contributed by atoms with Crippen molar-refractivity contribution in [3.63, 3.8) is 0 Å². The number of nitrogens with two attached hydrogens (primary N) is 1. The first kappa shape index (κ1) is 14.4. The van der Waals surface area contributed by atoms with Gasteiger partial charge in [-0.2, -0.15) is 0 Å². The highest BCUT2D eigenvalue weighted by atomic mass is 16.1. The van der Waals surface area contributed by atoms with E-state index in [1.54, 1.807) is 0 Å². The Morgan fingerprint density at radius 3 is 2.27 bits per heavy atom. The molecule has 90 valence electrons. The van der Waals surface area contributed by atoms with Crippen molar-refractivity contribution in [2.24, 2.45) is 11.7 Å². The van der Waals surface area contributed by atoms with Gasteiger partial charge >= 0.3 is 0 Å². The van der Waals surface area contributed by atoms with E-state index < -0.39 is 0 Å². The van der Waals surface area contributed by atoms with Crippen molar-refractivity contribution in [3.05, 3.63) is 0 Å². The molecule has 0 aromatic heterocycles. The van der Waals surface area contributed by atoms with Gasteiger partial charge in [-0.3, -0.25) is 4.79 Å². The molecule has 0 aliphatic carbocycles. The van der Waals surface area contributed by atoms with Gasteiger partial charge in [-0.1, -0.05) is 20.8 Å². The number of carbonyl (C=O) groups excluding carboxylic acids is 1. The molecule has 0 aromatic rings. The molecule has 0 aromatic carbocycles. The molecule has 0 saturated carbocycles. The summed E-state index contributed by atoms with van der Waals surface area (Å²) in [5.74, 6) is -0.0405. The van der Waals surface area contributed by atoms with Crippen LogP contribution in [0, 0.1) is 5.92 Å². The van der Waals surface area contributed by atoms with Crippen LogP contribution >= 0.6 is 0 Å². The Labute approximate surface area is 93.2 Å². The Balaban J connectivity index is 3.91. The molecule has 0 rings (SSSR count). The number of nitrogens with zero attached hydrogens (tertiary/aromatic N) is 1. The van der Waals surface area contributed by atoms with E-state index in [2.05, 4.69) is 24.1 Å². The lowest BCUT2D eigenvalue weighted by Gasteiger charge is -2.24. The Kier molecular flexibility index (Phi) is 7.34. The number of likely N-dealkylation sites (N-methyl/N-ethyl adjacent to an activating group) is 1. The maximum Gasteiger partial charge on any atom is 0.224 e. The molecule has 4 heteroatoms. The zero-order chi connectivity index (χ0) is 11.8. The van der Waals surface area contributed by atoms with Crippen molar-refractivity contribution in [3.8, 4) is 0 Å². The van der Waals surface area contributed by atoms with E-state index in [1.165, 1.54) is 0 Å². The minimum atomic E-state index is -0.0934. The Morgan fingerprint density at radius 1 is 1.33 bits per heavy atom. The average Bonchev–Trinajstić information content (AvgIpc) is 2.24. The van der Waals surface area contributed by atoms with E-state index in [0.717, 1.165) is 19.6 Å². The molecule has 2 atom stereocenters. The molecule has 0 bridgehead atoms. The van der Waals surface area contributed by atoms with Crippen LogP contribution in [0.15, 0.2) is 0 Å². The fraction of sp³-hybridized carbons (Fsp3) is 0.909. The van der Waals surface area contributed by atoms with Gasteiger partial charge in [0.25, 0.3) is 0 Å². The van der Waals surface area contributed by atoms with E-state index >= 15 is 0 Å². The summed E-state index contributed by atoms with van der Waals surface area (Å²) in [7, 11) is 0. The normalized spacial score (nSPS) is 15.1. The summed E-state index contributed by atoms with van der Waals surface area (Å²) in [4.78, 5) is 13.8. The second-order valence-electron chi connectivity index (χ2n) is 4.03. The van der Waals surface area contributed by atoms with Gasteiger partial charge in [0.15, 0.2) is 0 Å². The minimum Gasteiger partial charge on any atom is -0.352 e. The van der Waals surface area contributed by atoms with Crippen LogP contribution in [-0.2, 0) is 4.79 Å². The van der Waals surface area contributed by atoms with Crippen LogP contribution in [-0.4, -0.2) is 43.0 Å². The molecule has 0 aliphatic heterocycles. The summed E-state index contributed by atoms with van der Waals surface area (Å²) in [5, 5.41) is 2.97. The highest BCUT2D eigenvalue weighted by Crippen LogP contribution is 1.95. The fourth-order valence-corrected chi connectivity index (χ4v) is 1.41. The largest absolute Gasteiger partial charge is 0.352 e. The van der Waals surface area contributed by atoms with Crippen LogP contribution in [0.1, 0.15) is 27.7 Å². The zero-order valence-corrected chi connectivity index (χ0v) is 10.4. The predicted molar refractivity (Wildman–Crippen MR) is 63.6 cm³/mol. The predicted octanol–water partition coefficient (Wildman–Crippen LogP) is 0.428. The molecule has 0 aliphatic rings. The van der Waals surface area contributed by atoms with Crippen LogP contribution in [0.4, 0.5) is 0 Å². The highest BCUT2D eigenvalue weighted by Gasteiger charge is 2.14. The number of hydrogen-bond donors (Lipinski definition) is 2. The first-order valence-corrected chi connectivity index (χ1v) is 5.77. The number of rotatable bonds is 7. The molecular weight excluding hydrogens is 190 g/mol. The van der Waals surface area contributed by atoms with Crippen LogP contribution in [0.2, 0.25) is 0 Å². The summed E-state index contributed by atoms with van der Waals surface area (Å²) in [6.45, 7) is 11.5. The molecule has 0 heterocycles. The second-order valence-corrected chi connectivity index (χ2v) is 4.03. The van der Waals surface area contributed by atoms with E-state index in [0.29, 0.717) is 6.54 Å². The lowest BCUT2D eigenvalue weighted by Crippen LogP contribution is -2.44. The van der Waals surface area contributed by atoms with Crippen molar-refractivity contribution >= 4 is 5.91 Å². The van der Waals surface area contributed by atoms with Gasteiger partial charge in [0.2, 0.25) is 5.91 Å². The molecule has 2 unspecified atom stereocenters. The van der Waals surface area contributed by atoms with Gasteiger partial charge in [0.1, 0.15) is 0 Å². The van der Waals surface area contributed by atoms with E-state index in [1.807, 2.05) is 13.8 Å². The Hall–Kier alpha value is -0.610. The SMILES string of the molecule is CCN(CC)CC(C)NC(=O)C(C)CN.